The summed E-state index contributed by atoms with van der Waals surface area (Å²) in [5.41, 5.74) is 4.92. The van der Waals surface area contributed by atoms with Crippen LogP contribution >= 0.6 is 12.2 Å². The number of hydrogen-bond acceptors (Lipinski definition) is 4. The number of nitrogens with one attached hydrogen (secondary N) is 1. The summed E-state index contributed by atoms with van der Waals surface area (Å²) in [5, 5.41) is 2.51. The molecule has 0 atom stereocenters. The Bertz CT molecular complexity index is 367. The van der Waals surface area contributed by atoms with Gasteiger partial charge in [-0.2, -0.15) is 0 Å². The molecule has 1 aliphatic rings. The van der Waals surface area contributed by atoms with E-state index >= 15 is 0 Å². The molecule has 0 spiro atoms. The summed E-state index contributed by atoms with van der Waals surface area (Å²) >= 11 is 5.09. The second-order valence-electron chi connectivity index (χ2n) is 4.55. The van der Waals surface area contributed by atoms with Crippen LogP contribution in [0.3, 0.4) is 0 Å². The lowest BCUT2D eigenvalue weighted by Gasteiger charge is -2.38. The van der Waals surface area contributed by atoms with E-state index in [4.69, 9.17) is 22.7 Å². The van der Waals surface area contributed by atoms with Crippen LogP contribution in [-0.4, -0.2) is 55.1 Å². The van der Waals surface area contributed by atoms with Crippen molar-refractivity contribution in [1.82, 2.24) is 10.2 Å². The highest BCUT2D eigenvalue weighted by Crippen LogP contribution is 2.33. The van der Waals surface area contributed by atoms with Gasteiger partial charge in [0, 0.05) is 26.8 Å². The largest absolute Gasteiger partial charge is 0.392 e. The Morgan fingerprint density at radius 3 is 2.42 bits per heavy atom. The van der Waals surface area contributed by atoms with E-state index in [1.54, 1.807) is 7.05 Å². The maximum atomic E-state index is 12.7. The molecule has 0 bridgehead atoms. The van der Waals surface area contributed by atoms with E-state index in [0.717, 1.165) is 0 Å². The van der Waals surface area contributed by atoms with Gasteiger partial charge in [-0.1, -0.05) is 12.2 Å². The van der Waals surface area contributed by atoms with Gasteiger partial charge in [-0.15, -0.1) is 0 Å². The number of rotatable bonds is 5. The van der Waals surface area contributed by atoms with Crippen LogP contribution in [0.4, 0.5) is 0 Å². The van der Waals surface area contributed by atoms with E-state index in [1.165, 1.54) is 4.90 Å². The van der Waals surface area contributed by atoms with Crippen LogP contribution in [0.1, 0.15) is 19.8 Å². The second-order valence-corrected chi connectivity index (χ2v) is 4.99. The van der Waals surface area contributed by atoms with E-state index in [-0.39, 0.29) is 23.3 Å². The van der Waals surface area contributed by atoms with Gasteiger partial charge in [0.25, 0.3) is 0 Å². The maximum absolute atomic E-state index is 12.7. The number of ether oxygens (including phenoxy) is 1. The fourth-order valence-electron chi connectivity index (χ4n) is 2.17. The Balaban J connectivity index is 2.91. The van der Waals surface area contributed by atoms with Crippen molar-refractivity contribution in [3.8, 4) is 0 Å². The van der Waals surface area contributed by atoms with Crippen LogP contribution in [-0.2, 0) is 14.3 Å². The summed E-state index contributed by atoms with van der Waals surface area (Å²) in [6, 6.07) is 0. The first-order valence-electron chi connectivity index (χ1n) is 6.35. The lowest BCUT2D eigenvalue weighted by molar-refractivity contribution is -0.144. The molecule has 7 heteroatoms. The highest BCUT2D eigenvalue weighted by atomic mass is 32.1. The van der Waals surface area contributed by atoms with Crippen molar-refractivity contribution in [3.63, 3.8) is 0 Å². The molecule has 0 aliphatic carbocycles. The topological polar surface area (TPSA) is 84.7 Å². The minimum atomic E-state index is -0.863. The molecule has 0 unspecified atom stereocenters. The highest BCUT2D eigenvalue weighted by Gasteiger charge is 2.45. The zero-order valence-electron chi connectivity index (χ0n) is 11.4. The summed E-state index contributed by atoms with van der Waals surface area (Å²) < 4.78 is 5.28. The van der Waals surface area contributed by atoms with Crippen molar-refractivity contribution in [1.29, 1.82) is 0 Å². The highest BCUT2D eigenvalue weighted by molar-refractivity contribution is 7.80. The number of carbonyl (C=O) groups is 2. The van der Waals surface area contributed by atoms with Crippen molar-refractivity contribution in [3.05, 3.63) is 0 Å². The van der Waals surface area contributed by atoms with Crippen molar-refractivity contribution >= 4 is 29.0 Å². The van der Waals surface area contributed by atoms with E-state index in [2.05, 4.69) is 5.32 Å². The Kier molecular flexibility index (Phi) is 5.68. The SMILES string of the molecule is CCN(CC(=O)NC)C(=O)C1(C(N)=S)CCOCC1. The number of amides is 2. The molecule has 0 saturated carbocycles. The fraction of sp³-hybridized carbons (Fsp3) is 0.750. The van der Waals surface area contributed by atoms with Crippen LogP contribution in [0, 0.1) is 5.41 Å². The van der Waals surface area contributed by atoms with Gasteiger partial charge in [0.1, 0.15) is 5.41 Å². The van der Waals surface area contributed by atoms with Gasteiger partial charge in [0.2, 0.25) is 11.8 Å². The molecule has 1 rings (SSSR count). The van der Waals surface area contributed by atoms with Crippen molar-refractivity contribution in [2.75, 3.05) is 33.4 Å². The molecule has 19 heavy (non-hydrogen) atoms. The zero-order valence-corrected chi connectivity index (χ0v) is 12.2. The number of hydrogen-bond donors (Lipinski definition) is 2. The predicted octanol–water partition coefficient (Wildman–Crippen LogP) is -0.336. The molecular formula is C12H21N3O3S. The maximum Gasteiger partial charge on any atom is 0.239 e. The van der Waals surface area contributed by atoms with Gasteiger partial charge in [-0.25, -0.2) is 0 Å². The summed E-state index contributed by atoms with van der Waals surface area (Å²) in [6.07, 6.45) is 0.955. The third-order valence-corrected chi connectivity index (χ3v) is 3.90. The fourth-order valence-corrected chi connectivity index (χ4v) is 2.46. The molecule has 2 amide bonds. The standard InChI is InChI=1S/C12H21N3O3S/c1-3-15(8-9(16)14-2)11(17)12(10(13)19)4-6-18-7-5-12/h3-8H2,1-2H3,(H2,13,19)(H,14,16). The number of thiocarbonyl (C=S) groups is 1. The van der Waals surface area contributed by atoms with Gasteiger partial charge >= 0.3 is 0 Å². The van der Waals surface area contributed by atoms with E-state index in [0.29, 0.717) is 32.6 Å². The molecule has 6 nitrogen and oxygen atoms in total. The van der Waals surface area contributed by atoms with Gasteiger partial charge in [0.15, 0.2) is 0 Å². The lowest BCUT2D eigenvalue weighted by Crippen LogP contribution is -2.54. The molecule has 0 radical (unpaired) electrons. The van der Waals surface area contributed by atoms with E-state index < -0.39 is 5.41 Å². The van der Waals surface area contributed by atoms with Crippen LogP contribution in [0.25, 0.3) is 0 Å². The van der Waals surface area contributed by atoms with Crippen LogP contribution < -0.4 is 11.1 Å². The first-order chi connectivity index (χ1) is 8.97. The molecule has 1 aliphatic heterocycles. The Labute approximate surface area is 118 Å². The van der Waals surface area contributed by atoms with Crippen molar-refractivity contribution in [2.24, 2.45) is 11.1 Å². The average Bonchev–Trinajstić information content (AvgIpc) is 2.44. The second kappa shape index (κ2) is 6.81. The predicted molar refractivity (Wildman–Crippen MR) is 75.6 cm³/mol. The molecule has 1 fully saturated rings. The first kappa shape index (κ1) is 15.8. The minimum absolute atomic E-state index is 0.0249. The summed E-state index contributed by atoms with van der Waals surface area (Å²) in [7, 11) is 1.54. The minimum Gasteiger partial charge on any atom is -0.392 e. The molecule has 1 heterocycles. The monoisotopic (exact) mass is 287 g/mol. The molecule has 1 saturated heterocycles. The van der Waals surface area contributed by atoms with Crippen molar-refractivity contribution in [2.45, 2.75) is 19.8 Å². The average molecular weight is 287 g/mol. The Hall–Kier alpha value is -1.21. The van der Waals surface area contributed by atoms with Gasteiger partial charge in [-0.05, 0) is 19.8 Å². The van der Waals surface area contributed by atoms with Crippen LogP contribution in [0.2, 0.25) is 0 Å². The quantitative estimate of drug-likeness (QED) is 0.676. The normalized spacial score (nSPS) is 17.6. The van der Waals surface area contributed by atoms with Crippen molar-refractivity contribution < 1.29 is 14.3 Å². The van der Waals surface area contributed by atoms with Gasteiger partial charge in [0.05, 0.1) is 11.5 Å². The molecule has 0 aromatic rings. The first-order valence-corrected chi connectivity index (χ1v) is 6.76. The molecule has 108 valence electrons. The Morgan fingerprint density at radius 2 is 2.00 bits per heavy atom. The van der Waals surface area contributed by atoms with Gasteiger partial charge < -0.3 is 20.7 Å². The smallest absolute Gasteiger partial charge is 0.239 e. The summed E-state index contributed by atoms with van der Waals surface area (Å²) in [6.45, 7) is 3.21. The molecule has 0 aromatic carbocycles. The summed E-state index contributed by atoms with van der Waals surface area (Å²) in [4.78, 5) is 25.8. The number of likely N-dealkylation sites (N-methyl/N-ethyl adjacent to an activating group) is 2. The molecular weight excluding hydrogens is 266 g/mol. The number of nitrogens with zero attached hydrogens (tertiary/aromatic N) is 1. The lowest BCUT2D eigenvalue weighted by atomic mass is 9.78. The summed E-state index contributed by atoms with van der Waals surface area (Å²) in [5.74, 6) is -0.380. The van der Waals surface area contributed by atoms with Gasteiger partial charge in [-0.3, -0.25) is 9.59 Å². The third-order valence-electron chi connectivity index (χ3n) is 3.51. The molecule has 3 N–H and O–H groups in total. The number of nitrogens with two attached hydrogens (primary N) is 1. The van der Waals surface area contributed by atoms with Crippen LogP contribution in [0.5, 0.6) is 0 Å². The molecule has 0 aromatic heterocycles. The zero-order chi connectivity index (χ0) is 14.5. The Morgan fingerprint density at radius 1 is 1.42 bits per heavy atom. The number of carbonyl (C=O) groups excluding carboxylic acids is 2. The van der Waals surface area contributed by atoms with E-state index in [9.17, 15) is 9.59 Å². The van der Waals surface area contributed by atoms with E-state index in [1.807, 2.05) is 6.92 Å². The third kappa shape index (κ3) is 3.42. The van der Waals surface area contributed by atoms with Crippen LogP contribution in [0.15, 0.2) is 0 Å².